The van der Waals surface area contributed by atoms with Crippen molar-refractivity contribution in [2.75, 3.05) is 6.61 Å². The SMILES string of the molecule is OCC(CCc1ccccc1)c1ccc(Cl)cc1Cl. The van der Waals surface area contributed by atoms with Crippen LogP contribution in [0.25, 0.3) is 0 Å². The first-order chi connectivity index (χ1) is 9.20. The molecule has 3 heteroatoms. The molecule has 1 N–H and O–H groups in total. The van der Waals surface area contributed by atoms with E-state index in [1.807, 2.05) is 30.3 Å². The van der Waals surface area contributed by atoms with Crippen LogP contribution in [0.3, 0.4) is 0 Å². The second-order valence-corrected chi connectivity index (χ2v) is 5.41. The molecule has 0 aliphatic carbocycles. The van der Waals surface area contributed by atoms with Crippen LogP contribution >= 0.6 is 23.2 Å². The van der Waals surface area contributed by atoms with Crippen LogP contribution in [0.2, 0.25) is 10.0 Å². The lowest BCUT2D eigenvalue weighted by Gasteiger charge is -2.16. The quantitative estimate of drug-likeness (QED) is 0.847. The van der Waals surface area contributed by atoms with Crippen molar-refractivity contribution in [3.63, 3.8) is 0 Å². The molecule has 1 atom stereocenters. The number of benzene rings is 2. The van der Waals surface area contributed by atoms with Crippen molar-refractivity contribution < 1.29 is 5.11 Å². The van der Waals surface area contributed by atoms with E-state index >= 15 is 0 Å². The van der Waals surface area contributed by atoms with Crippen LogP contribution < -0.4 is 0 Å². The molecule has 0 saturated carbocycles. The topological polar surface area (TPSA) is 20.2 Å². The molecule has 100 valence electrons. The van der Waals surface area contributed by atoms with Gasteiger partial charge in [-0.05, 0) is 36.1 Å². The second kappa shape index (κ2) is 6.95. The van der Waals surface area contributed by atoms with Crippen LogP contribution in [0, 0.1) is 0 Å². The summed E-state index contributed by atoms with van der Waals surface area (Å²) in [7, 11) is 0. The molecule has 19 heavy (non-hydrogen) atoms. The van der Waals surface area contributed by atoms with Crippen LogP contribution in [0.15, 0.2) is 48.5 Å². The van der Waals surface area contributed by atoms with E-state index in [0.29, 0.717) is 10.0 Å². The predicted octanol–water partition coefficient (Wildman–Crippen LogP) is 4.70. The molecule has 0 fully saturated rings. The molecule has 0 amide bonds. The molecule has 2 rings (SSSR count). The molecule has 0 spiro atoms. The minimum absolute atomic E-state index is 0.0463. The number of aliphatic hydroxyl groups excluding tert-OH is 1. The highest BCUT2D eigenvalue weighted by Gasteiger charge is 2.14. The minimum atomic E-state index is 0.0463. The van der Waals surface area contributed by atoms with Gasteiger partial charge < -0.3 is 5.11 Å². The van der Waals surface area contributed by atoms with Crippen LogP contribution in [-0.2, 0) is 6.42 Å². The van der Waals surface area contributed by atoms with Crippen molar-refractivity contribution in [2.24, 2.45) is 0 Å². The van der Waals surface area contributed by atoms with E-state index in [9.17, 15) is 5.11 Å². The lowest BCUT2D eigenvalue weighted by Crippen LogP contribution is -2.06. The maximum absolute atomic E-state index is 9.56. The molecule has 2 aromatic carbocycles. The third-order valence-corrected chi connectivity index (χ3v) is 3.81. The summed E-state index contributed by atoms with van der Waals surface area (Å²) in [5.41, 5.74) is 2.23. The Morgan fingerprint density at radius 2 is 1.74 bits per heavy atom. The fourth-order valence-corrected chi connectivity index (χ4v) is 2.73. The summed E-state index contributed by atoms with van der Waals surface area (Å²) in [6.45, 7) is 0.0915. The number of rotatable bonds is 5. The van der Waals surface area contributed by atoms with Gasteiger partial charge in [-0.15, -0.1) is 0 Å². The first-order valence-corrected chi connectivity index (χ1v) is 7.06. The van der Waals surface area contributed by atoms with Crippen molar-refractivity contribution in [1.29, 1.82) is 0 Å². The number of aliphatic hydroxyl groups is 1. The van der Waals surface area contributed by atoms with Gasteiger partial charge in [-0.25, -0.2) is 0 Å². The van der Waals surface area contributed by atoms with Gasteiger partial charge in [0.2, 0.25) is 0 Å². The van der Waals surface area contributed by atoms with Crippen LogP contribution in [-0.4, -0.2) is 11.7 Å². The molecule has 0 heterocycles. The zero-order valence-corrected chi connectivity index (χ0v) is 12.0. The molecule has 0 aromatic heterocycles. The molecule has 0 aliphatic heterocycles. The van der Waals surface area contributed by atoms with E-state index in [1.54, 1.807) is 6.07 Å². The summed E-state index contributed by atoms with van der Waals surface area (Å²) in [5, 5.41) is 10.8. The predicted molar refractivity (Wildman–Crippen MR) is 81.1 cm³/mol. The molecular formula is C16H16Cl2O. The zero-order valence-electron chi connectivity index (χ0n) is 10.5. The highest BCUT2D eigenvalue weighted by Crippen LogP contribution is 2.30. The van der Waals surface area contributed by atoms with Gasteiger partial charge in [0, 0.05) is 22.6 Å². The van der Waals surface area contributed by atoms with E-state index in [1.165, 1.54) is 5.56 Å². The number of halogens is 2. The van der Waals surface area contributed by atoms with Gasteiger partial charge >= 0.3 is 0 Å². The number of hydrogen-bond donors (Lipinski definition) is 1. The molecule has 1 nitrogen and oxygen atoms in total. The Bertz CT molecular complexity index is 526. The first-order valence-electron chi connectivity index (χ1n) is 6.30. The normalized spacial score (nSPS) is 12.4. The summed E-state index contributed by atoms with van der Waals surface area (Å²) in [5.74, 6) is 0.0463. The standard InChI is InChI=1S/C16H16Cl2O/c17-14-8-9-15(16(18)10-14)13(11-19)7-6-12-4-2-1-3-5-12/h1-5,8-10,13,19H,6-7,11H2. The van der Waals surface area contributed by atoms with Gasteiger partial charge in [0.05, 0.1) is 0 Å². The van der Waals surface area contributed by atoms with E-state index < -0.39 is 0 Å². The molecule has 0 saturated heterocycles. The van der Waals surface area contributed by atoms with Gasteiger partial charge in [-0.1, -0.05) is 59.6 Å². The molecule has 0 bridgehead atoms. The van der Waals surface area contributed by atoms with Crippen molar-refractivity contribution in [3.05, 3.63) is 69.7 Å². The van der Waals surface area contributed by atoms with Crippen molar-refractivity contribution >= 4 is 23.2 Å². The Labute approximate surface area is 123 Å². The second-order valence-electron chi connectivity index (χ2n) is 4.57. The number of hydrogen-bond acceptors (Lipinski definition) is 1. The lowest BCUT2D eigenvalue weighted by molar-refractivity contribution is 0.259. The van der Waals surface area contributed by atoms with E-state index in [-0.39, 0.29) is 12.5 Å². The molecule has 0 aliphatic rings. The fraction of sp³-hybridized carbons (Fsp3) is 0.250. The monoisotopic (exact) mass is 294 g/mol. The Balaban J connectivity index is 2.08. The molecule has 2 aromatic rings. The van der Waals surface area contributed by atoms with Gasteiger partial charge in [0.15, 0.2) is 0 Å². The summed E-state index contributed by atoms with van der Waals surface area (Å²) in [6, 6.07) is 15.7. The highest BCUT2D eigenvalue weighted by atomic mass is 35.5. The van der Waals surface area contributed by atoms with Crippen molar-refractivity contribution in [1.82, 2.24) is 0 Å². The average molecular weight is 295 g/mol. The minimum Gasteiger partial charge on any atom is -0.396 e. The third-order valence-electron chi connectivity index (χ3n) is 3.25. The maximum Gasteiger partial charge on any atom is 0.0500 e. The summed E-state index contributed by atoms with van der Waals surface area (Å²) in [4.78, 5) is 0. The Kier molecular flexibility index (Phi) is 5.26. The average Bonchev–Trinajstić information content (AvgIpc) is 2.42. The van der Waals surface area contributed by atoms with E-state index in [0.717, 1.165) is 18.4 Å². The maximum atomic E-state index is 9.56. The van der Waals surface area contributed by atoms with Gasteiger partial charge in [0.1, 0.15) is 0 Å². The summed E-state index contributed by atoms with van der Waals surface area (Å²) >= 11 is 12.1. The van der Waals surface area contributed by atoms with Crippen LogP contribution in [0.4, 0.5) is 0 Å². The smallest absolute Gasteiger partial charge is 0.0500 e. The Hall–Kier alpha value is -1.02. The van der Waals surface area contributed by atoms with Gasteiger partial charge in [-0.3, -0.25) is 0 Å². The van der Waals surface area contributed by atoms with Gasteiger partial charge in [0.25, 0.3) is 0 Å². The summed E-state index contributed by atoms with van der Waals surface area (Å²) in [6.07, 6.45) is 1.78. The van der Waals surface area contributed by atoms with Gasteiger partial charge in [-0.2, -0.15) is 0 Å². The summed E-state index contributed by atoms with van der Waals surface area (Å²) < 4.78 is 0. The van der Waals surface area contributed by atoms with Crippen molar-refractivity contribution in [3.8, 4) is 0 Å². The third kappa shape index (κ3) is 3.97. The fourth-order valence-electron chi connectivity index (χ4n) is 2.16. The molecular weight excluding hydrogens is 279 g/mol. The molecule has 1 unspecified atom stereocenters. The first kappa shape index (κ1) is 14.4. The van der Waals surface area contributed by atoms with Crippen LogP contribution in [0.5, 0.6) is 0 Å². The highest BCUT2D eigenvalue weighted by molar-refractivity contribution is 6.35. The van der Waals surface area contributed by atoms with Crippen LogP contribution in [0.1, 0.15) is 23.5 Å². The lowest BCUT2D eigenvalue weighted by atomic mass is 9.93. The van der Waals surface area contributed by atoms with E-state index in [2.05, 4.69) is 12.1 Å². The van der Waals surface area contributed by atoms with E-state index in [4.69, 9.17) is 23.2 Å². The largest absolute Gasteiger partial charge is 0.396 e. The zero-order chi connectivity index (χ0) is 13.7. The molecule has 0 radical (unpaired) electrons. The Morgan fingerprint density at radius 1 is 1.00 bits per heavy atom. The number of aryl methyl sites for hydroxylation is 1. The van der Waals surface area contributed by atoms with Crippen molar-refractivity contribution in [2.45, 2.75) is 18.8 Å². The Morgan fingerprint density at radius 3 is 2.37 bits per heavy atom.